The maximum Gasteiger partial charge on any atom is 0.133 e. The molecule has 2 aromatic rings. The lowest BCUT2D eigenvalue weighted by Crippen LogP contribution is -2.21. The third-order valence-corrected chi connectivity index (χ3v) is 4.38. The number of H-pyrrole nitrogens is 1. The van der Waals surface area contributed by atoms with E-state index in [9.17, 15) is 0 Å². The van der Waals surface area contributed by atoms with Crippen LogP contribution in [0.2, 0.25) is 25.7 Å². The van der Waals surface area contributed by atoms with Gasteiger partial charge in [0.1, 0.15) is 12.4 Å². The first-order chi connectivity index (χ1) is 8.04. The standard InChI is InChI=1S/C13H20N2OSi/c1-17(2,3)9-8-16-10-13-14-11-6-4-5-7-12(11)15-13/h4-7H,8-10H2,1-3H3,(H,14,15). The molecule has 4 heteroatoms. The minimum atomic E-state index is -0.983. The first-order valence-corrected chi connectivity index (χ1v) is 9.77. The van der Waals surface area contributed by atoms with Gasteiger partial charge in [0, 0.05) is 14.7 Å². The molecule has 0 unspecified atom stereocenters. The summed E-state index contributed by atoms with van der Waals surface area (Å²) < 4.78 is 5.67. The molecule has 1 aromatic heterocycles. The highest BCUT2D eigenvalue weighted by atomic mass is 28.3. The maximum atomic E-state index is 5.67. The molecule has 0 aliphatic rings. The second kappa shape index (κ2) is 5.02. The van der Waals surface area contributed by atoms with Crippen molar-refractivity contribution in [1.82, 2.24) is 9.97 Å². The number of imidazole rings is 1. The molecule has 92 valence electrons. The Bertz CT molecular complexity index is 454. The monoisotopic (exact) mass is 248 g/mol. The van der Waals surface area contributed by atoms with Crippen molar-refractivity contribution in [2.45, 2.75) is 32.3 Å². The minimum absolute atomic E-state index is 0.583. The van der Waals surface area contributed by atoms with E-state index in [1.165, 1.54) is 6.04 Å². The molecular weight excluding hydrogens is 228 g/mol. The molecule has 1 aromatic carbocycles. The van der Waals surface area contributed by atoms with Gasteiger partial charge < -0.3 is 9.72 Å². The van der Waals surface area contributed by atoms with Crippen LogP contribution in [-0.2, 0) is 11.3 Å². The number of nitrogens with one attached hydrogen (secondary N) is 1. The zero-order valence-electron chi connectivity index (χ0n) is 10.8. The van der Waals surface area contributed by atoms with E-state index in [4.69, 9.17) is 4.74 Å². The molecular formula is C13H20N2OSi. The molecule has 0 fully saturated rings. The van der Waals surface area contributed by atoms with Crippen molar-refractivity contribution < 1.29 is 4.74 Å². The first-order valence-electron chi connectivity index (χ1n) is 6.06. The van der Waals surface area contributed by atoms with Gasteiger partial charge in [0.05, 0.1) is 11.0 Å². The Balaban J connectivity index is 1.87. The second-order valence-electron chi connectivity index (χ2n) is 5.56. The highest BCUT2D eigenvalue weighted by molar-refractivity contribution is 6.76. The summed E-state index contributed by atoms with van der Waals surface area (Å²) in [6, 6.07) is 9.26. The molecule has 2 rings (SSSR count). The summed E-state index contributed by atoms with van der Waals surface area (Å²) in [6.45, 7) is 8.50. The smallest absolute Gasteiger partial charge is 0.133 e. The lowest BCUT2D eigenvalue weighted by atomic mass is 10.3. The van der Waals surface area contributed by atoms with Crippen molar-refractivity contribution >= 4 is 19.1 Å². The lowest BCUT2D eigenvalue weighted by Gasteiger charge is -2.14. The molecule has 0 saturated heterocycles. The molecule has 0 aliphatic carbocycles. The predicted molar refractivity (Wildman–Crippen MR) is 73.9 cm³/mol. The van der Waals surface area contributed by atoms with Crippen LogP contribution < -0.4 is 0 Å². The first kappa shape index (κ1) is 12.3. The number of ether oxygens (including phenoxy) is 1. The normalized spacial score (nSPS) is 12.2. The van der Waals surface area contributed by atoms with E-state index in [0.717, 1.165) is 23.5 Å². The van der Waals surface area contributed by atoms with E-state index in [-0.39, 0.29) is 0 Å². The van der Waals surface area contributed by atoms with Crippen molar-refractivity contribution in [3.05, 3.63) is 30.1 Å². The largest absolute Gasteiger partial charge is 0.374 e. The lowest BCUT2D eigenvalue weighted by molar-refractivity contribution is 0.128. The van der Waals surface area contributed by atoms with E-state index in [0.29, 0.717) is 6.61 Å². The highest BCUT2D eigenvalue weighted by Crippen LogP contribution is 2.12. The SMILES string of the molecule is C[Si](C)(C)CCOCc1nc2ccccc2[nH]1. The molecule has 1 N–H and O–H groups in total. The van der Waals surface area contributed by atoms with Crippen LogP contribution in [0.3, 0.4) is 0 Å². The topological polar surface area (TPSA) is 37.9 Å². The number of fused-ring (bicyclic) bond motifs is 1. The van der Waals surface area contributed by atoms with E-state index >= 15 is 0 Å². The fourth-order valence-corrected chi connectivity index (χ4v) is 2.38. The van der Waals surface area contributed by atoms with Gasteiger partial charge in [0.15, 0.2) is 0 Å². The minimum Gasteiger partial charge on any atom is -0.374 e. The molecule has 17 heavy (non-hydrogen) atoms. The Hall–Kier alpha value is -1.13. The highest BCUT2D eigenvalue weighted by Gasteiger charge is 2.12. The van der Waals surface area contributed by atoms with Crippen LogP contribution in [0.25, 0.3) is 11.0 Å². The average molecular weight is 248 g/mol. The van der Waals surface area contributed by atoms with E-state index in [2.05, 4.69) is 29.6 Å². The van der Waals surface area contributed by atoms with Crippen LogP contribution >= 0.6 is 0 Å². The number of para-hydroxylation sites is 2. The van der Waals surface area contributed by atoms with Gasteiger partial charge >= 0.3 is 0 Å². The molecule has 0 aliphatic heterocycles. The van der Waals surface area contributed by atoms with Gasteiger partial charge in [-0.3, -0.25) is 0 Å². The van der Waals surface area contributed by atoms with Gasteiger partial charge in [0.25, 0.3) is 0 Å². The number of aromatic nitrogens is 2. The maximum absolute atomic E-state index is 5.67. The summed E-state index contributed by atoms with van der Waals surface area (Å²) in [7, 11) is -0.983. The van der Waals surface area contributed by atoms with Crippen LogP contribution in [0.1, 0.15) is 5.82 Å². The summed E-state index contributed by atoms with van der Waals surface area (Å²) in [5.74, 6) is 0.918. The van der Waals surface area contributed by atoms with Gasteiger partial charge in [-0.2, -0.15) is 0 Å². The average Bonchev–Trinajstić information content (AvgIpc) is 2.65. The van der Waals surface area contributed by atoms with Gasteiger partial charge in [-0.1, -0.05) is 31.8 Å². The Morgan fingerprint density at radius 2 is 2.00 bits per heavy atom. The third-order valence-electron chi connectivity index (χ3n) is 2.67. The summed E-state index contributed by atoms with van der Waals surface area (Å²) in [5.41, 5.74) is 2.09. The van der Waals surface area contributed by atoms with Crippen molar-refractivity contribution in [2.24, 2.45) is 0 Å². The van der Waals surface area contributed by atoms with Crippen molar-refractivity contribution in [3.63, 3.8) is 0 Å². The van der Waals surface area contributed by atoms with E-state index in [1.54, 1.807) is 0 Å². The Morgan fingerprint density at radius 3 is 2.71 bits per heavy atom. The summed E-state index contributed by atoms with van der Waals surface area (Å²) in [4.78, 5) is 7.75. The van der Waals surface area contributed by atoms with Crippen molar-refractivity contribution in [3.8, 4) is 0 Å². The zero-order chi connectivity index (χ0) is 12.3. The Kier molecular flexibility index (Phi) is 3.64. The summed E-state index contributed by atoms with van der Waals surface area (Å²) in [6.07, 6.45) is 0. The van der Waals surface area contributed by atoms with Gasteiger partial charge in [-0.05, 0) is 18.2 Å². The number of hydrogen-bond acceptors (Lipinski definition) is 2. The number of hydrogen-bond donors (Lipinski definition) is 1. The second-order valence-corrected chi connectivity index (χ2v) is 11.2. The van der Waals surface area contributed by atoms with Crippen LogP contribution in [0.15, 0.2) is 24.3 Å². The summed E-state index contributed by atoms with van der Waals surface area (Å²) >= 11 is 0. The van der Waals surface area contributed by atoms with E-state index in [1.807, 2.05) is 24.3 Å². The molecule has 1 heterocycles. The summed E-state index contributed by atoms with van der Waals surface area (Å²) in [5, 5.41) is 0. The third kappa shape index (κ3) is 3.68. The number of rotatable bonds is 5. The van der Waals surface area contributed by atoms with Crippen LogP contribution in [0.4, 0.5) is 0 Å². The van der Waals surface area contributed by atoms with Gasteiger partial charge in [-0.15, -0.1) is 0 Å². The molecule has 0 bridgehead atoms. The van der Waals surface area contributed by atoms with Crippen molar-refractivity contribution in [2.75, 3.05) is 6.61 Å². The quantitative estimate of drug-likeness (QED) is 0.650. The van der Waals surface area contributed by atoms with Crippen LogP contribution in [0.5, 0.6) is 0 Å². The van der Waals surface area contributed by atoms with Gasteiger partial charge in [-0.25, -0.2) is 4.98 Å². The zero-order valence-corrected chi connectivity index (χ0v) is 11.8. The van der Waals surface area contributed by atoms with Crippen LogP contribution in [0, 0.1) is 0 Å². The van der Waals surface area contributed by atoms with E-state index < -0.39 is 8.07 Å². The molecule has 0 radical (unpaired) electrons. The Morgan fingerprint density at radius 1 is 1.24 bits per heavy atom. The number of benzene rings is 1. The number of nitrogens with zero attached hydrogens (tertiary/aromatic N) is 1. The Labute approximate surface area is 103 Å². The van der Waals surface area contributed by atoms with Gasteiger partial charge in [0.2, 0.25) is 0 Å². The molecule has 0 amide bonds. The molecule has 0 saturated carbocycles. The molecule has 3 nitrogen and oxygen atoms in total. The number of aromatic amines is 1. The fraction of sp³-hybridized carbons (Fsp3) is 0.462. The fourth-order valence-electron chi connectivity index (χ4n) is 1.62. The molecule has 0 atom stereocenters. The molecule has 0 spiro atoms. The van der Waals surface area contributed by atoms with Crippen LogP contribution in [-0.4, -0.2) is 24.6 Å². The predicted octanol–water partition coefficient (Wildman–Crippen LogP) is 3.42. The van der Waals surface area contributed by atoms with Crippen molar-refractivity contribution in [1.29, 1.82) is 0 Å².